The highest BCUT2D eigenvalue weighted by Crippen LogP contribution is 2.30. The number of benzene rings is 4. The van der Waals surface area contributed by atoms with Gasteiger partial charge in [-0.3, -0.25) is 14.1 Å². The largest absolute Gasteiger partial charge is 0.456 e. The van der Waals surface area contributed by atoms with Gasteiger partial charge in [0, 0.05) is 28.7 Å². The number of amides is 2. The van der Waals surface area contributed by atoms with Gasteiger partial charge < -0.3 is 15.1 Å². The molecular formula is C38H38N2O6S. The van der Waals surface area contributed by atoms with Gasteiger partial charge in [0.15, 0.2) is 0 Å². The molecule has 1 aromatic heterocycles. The zero-order valence-corrected chi connectivity index (χ0v) is 27.4. The second-order valence-electron chi connectivity index (χ2n) is 12.6. The third-order valence-electron chi connectivity index (χ3n) is 7.60. The maximum absolute atomic E-state index is 13.8. The van der Waals surface area contributed by atoms with E-state index in [-0.39, 0.29) is 17.9 Å². The number of carbonyl (C=O) groups excluding carboxylic acids is 2. The van der Waals surface area contributed by atoms with Gasteiger partial charge in [-0.2, -0.15) is 8.42 Å². The molecule has 9 heteroatoms. The molecule has 5 aromatic rings. The predicted octanol–water partition coefficient (Wildman–Crippen LogP) is 7.74. The van der Waals surface area contributed by atoms with E-state index in [1.54, 1.807) is 24.3 Å². The van der Waals surface area contributed by atoms with E-state index in [1.165, 1.54) is 0 Å². The van der Waals surface area contributed by atoms with Crippen molar-refractivity contribution in [2.75, 3.05) is 17.6 Å². The zero-order valence-electron chi connectivity index (χ0n) is 26.6. The minimum absolute atomic E-state index is 0.0423. The number of fused-ring (bicyclic) bond motifs is 1. The van der Waals surface area contributed by atoms with Crippen LogP contribution in [0, 0.1) is 5.41 Å². The van der Waals surface area contributed by atoms with E-state index in [0.29, 0.717) is 17.7 Å². The average molecular weight is 651 g/mol. The molecule has 0 saturated carbocycles. The fraction of sp³-hybridized carbons (Fsp3) is 0.211. The quantitative estimate of drug-likeness (QED) is 0.126. The zero-order chi connectivity index (χ0) is 33.6. The van der Waals surface area contributed by atoms with E-state index in [0.717, 1.165) is 39.0 Å². The monoisotopic (exact) mass is 650 g/mol. The number of nitrogens with one attached hydrogen (secondary N) is 2. The van der Waals surface area contributed by atoms with Crippen LogP contribution in [0.2, 0.25) is 0 Å². The van der Waals surface area contributed by atoms with Crippen molar-refractivity contribution >= 4 is 44.7 Å². The maximum atomic E-state index is 13.8. The summed E-state index contributed by atoms with van der Waals surface area (Å²) < 4.78 is 36.8. The molecule has 242 valence electrons. The lowest BCUT2D eigenvalue weighted by molar-refractivity contribution is -0.117. The number of rotatable bonds is 11. The van der Waals surface area contributed by atoms with Crippen molar-refractivity contribution in [3.63, 3.8) is 0 Å². The first kappa shape index (κ1) is 33.4. The number of para-hydroxylation sites is 1. The molecule has 5 rings (SSSR count). The second-order valence-corrected chi connectivity index (χ2v) is 14.1. The topological polar surface area (TPSA) is 126 Å². The first-order valence-corrected chi connectivity index (χ1v) is 17.0. The van der Waals surface area contributed by atoms with Gasteiger partial charge in [-0.25, -0.2) is 0 Å². The third kappa shape index (κ3) is 9.51. The molecule has 4 aromatic carbocycles. The predicted molar refractivity (Wildman–Crippen MR) is 187 cm³/mol. The molecular weight excluding hydrogens is 612 g/mol. The van der Waals surface area contributed by atoms with Crippen LogP contribution < -0.4 is 10.6 Å². The summed E-state index contributed by atoms with van der Waals surface area (Å²) in [5.74, 6) is -0.981. The van der Waals surface area contributed by atoms with Crippen LogP contribution in [0.3, 0.4) is 0 Å². The Bertz CT molecular complexity index is 1950. The molecule has 0 aliphatic carbocycles. The SMILES string of the molecule is CC(C)(C)/C=C/c1ccc([C@@H](Cc2ccc(C(=O)NCCS(=O)(=O)O)cc2)C(=O)Nc2ccc(-c3cc4ccccc4o3)cc2)cc1. The molecule has 0 fully saturated rings. The van der Waals surface area contributed by atoms with Crippen LogP contribution in [0.5, 0.6) is 0 Å². The Morgan fingerprint density at radius 1 is 0.894 bits per heavy atom. The van der Waals surface area contributed by atoms with Gasteiger partial charge in [-0.05, 0) is 77.1 Å². The molecule has 2 amide bonds. The van der Waals surface area contributed by atoms with Gasteiger partial charge in [0.05, 0.1) is 11.7 Å². The Morgan fingerprint density at radius 3 is 2.21 bits per heavy atom. The van der Waals surface area contributed by atoms with Crippen LogP contribution in [-0.2, 0) is 21.3 Å². The highest BCUT2D eigenvalue weighted by atomic mass is 32.2. The number of allylic oxidation sites excluding steroid dienone is 1. The van der Waals surface area contributed by atoms with Crippen molar-refractivity contribution < 1.29 is 27.0 Å². The molecule has 3 N–H and O–H groups in total. The minimum atomic E-state index is -4.17. The number of hydrogen-bond acceptors (Lipinski definition) is 5. The summed E-state index contributed by atoms with van der Waals surface area (Å²) in [7, 11) is -4.17. The van der Waals surface area contributed by atoms with E-state index in [2.05, 4.69) is 43.6 Å². The Kier molecular flexibility index (Phi) is 10.1. The van der Waals surface area contributed by atoms with Gasteiger partial charge in [-0.15, -0.1) is 0 Å². The summed E-state index contributed by atoms with van der Waals surface area (Å²) >= 11 is 0. The Balaban J connectivity index is 1.33. The summed E-state index contributed by atoms with van der Waals surface area (Å²) in [5.41, 5.74) is 5.48. The highest BCUT2D eigenvalue weighted by molar-refractivity contribution is 7.85. The smallest absolute Gasteiger partial charge is 0.266 e. The van der Waals surface area contributed by atoms with Gasteiger partial charge in [0.2, 0.25) is 5.91 Å². The van der Waals surface area contributed by atoms with E-state index in [1.807, 2.05) is 78.9 Å². The molecule has 1 atom stereocenters. The Morgan fingerprint density at radius 2 is 1.57 bits per heavy atom. The lowest BCUT2D eigenvalue weighted by atomic mass is 9.89. The summed E-state index contributed by atoms with van der Waals surface area (Å²) in [5, 5.41) is 6.57. The summed E-state index contributed by atoms with van der Waals surface area (Å²) in [6.07, 6.45) is 4.59. The fourth-order valence-corrected chi connectivity index (χ4v) is 5.40. The van der Waals surface area contributed by atoms with Crippen LogP contribution in [0.15, 0.2) is 114 Å². The number of anilines is 1. The van der Waals surface area contributed by atoms with Crippen molar-refractivity contribution in [3.05, 3.63) is 131 Å². The second kappa shape index (κ2) is 14.2. The van der Waals surface area contributed by atoms with Crippen LogP contribution in [0.25, 0.3) is 28.4 Å². The standard InChI is InChI=1S/C38H38N2O6S/c1-38(2,3)21-20-26-8-12-28(13-9-26)33(24-27-10-14-30(15-11-27)36(41)39-22-23-47(43,44)45)37(42)40-32-18-16-29(17-19-32)35-25-31-6-4-5-7-34(31)46-35/h4-21,25,33H,22-24H2,1-3H3,(H,39,41)(H,40,42)(H,43,44,45)/b21-20+/t33-/m1/s1. The summed E-state index contributed by atoms with van der Waals surface area (Å²) in [4.78, 5) is 26.3. The Labute approximate surface area is 275 Å². The lowest BCUT2D eigenvalue weighted by Crippen LogP contribution is -2.28. The van der Waals surface area contributed by atoms with E-state index >= 15 is 0 Å². The first-order valence-electron chi connectivity index (χ1n) is 15.3. The maximum Gasteiger partial charge on any atom is 0.266 e. The molecule has 0 unspecified atom stereocenters. The molecule has 0 radical (unpaired) electrons. The number of carbonyl (C=O) groups is 2. The van der Waals surface area contributed by atoms with Crippen molar-refractivity contribution in [1.82, 2.24) is 5.32 Å². The average Bonchev–Trinajstić information content (AvgIpc) is 3.47. The van der Waals surface area contributed by atoms with Gasteiger partial charge in [0.25, 0.3) is 16.0 Å². The Hall–Kier alpha value is -4.99. The summed E-state index contributed by atoms with van der Waals surface area (Å²) in [6.45, 7) is 6.20. The minimum Gasteiger partial charge on any atom is -0.456 e. The number of hydrogen-bond donors (Lipinski definition) is 3. The molecule has 0 bridgehead atoms. The molecule has 0 aliphatic heterocycles. The van der Waals surface area contributed by atoms with E-state index < -0.39 is 27.7 Å². The van der Waals surface area contributed by atoms with Crippen LogP contribution in [0.1, 0.15) is 53.7 Å². The molecule has 47 heavy (non-hydrogen) atoms. The molecule has 1 heterocycles. The summed E-state index contributed by atoms with van der Waals surface area (Å²) in [6, 6.07) is 32.1. The third-order valence-corrected chi connectivity index (χ3v) is 8.32. The van der Waals surface area contributed by atoms with Gasteiger partial charge in [0.1, 0.15) is 11.3 Å². The van der Waals surface area contributed by atoms with Crippen molar-refractivity contribution in [2.24, 2.45) is 5.41 Å². The van der Waals surface area contributed by atoms with Crippen LogP contribution in [-0.4, -0.2) is 37.1 Å². The van der Waals surface area contributed by atoms with Gasteiger partial charge in [-0.1, -0.05) is 87.5 Å². The van der Waals surface area contributed by atoms with Crippen molar-refractivity contribution in [1.29, 1.82) is 0 Å². The van der Waals surface area contributed by atoms with Crippen molar-refractivity contribution in [3.8, 4) is 11.3 Å². The fourth-order valence-electron chi connectivity index (χ4n) is 5.04. The van der Waals surface area contributed by atoms with Gasteiger partial charge >= 0.3 is 0 Å². The normalized spacial score (nSPS) is 12.7. The highest BCUT2D eigenvalue weighted by Gasteiger charge is 2.22. The van der Waals surface area contributed by atoms with Crippen LogP contribution in [0.4, 0.5) is 5.69 Å². The molecule has 0 aliphatic rings. The van der Waals surface area contributed by atoms with E-state index in [9.17, 15) is 18.0 Å². The van der Waals surface area contributed by atoms with E-state index in [4.69, 9.17) is 8.97 Å². The molecule has 0 saturated heterocycles. The van der Waals surface area contributed by atoms with Crippen molar-refractivity contribution in [2.45, 2.75) is 33.1 Å². The lowest BCUT2D eigenvalue weighted by Gasteiger charge is -2.18. The molecule has 0 spiro atoms. The molecule has 8 nitrogen and oxygen atoms in total. The first-order chi connectivity index (χ1) is 22.3. The van der Waals surface area contributed by atoms with Crippen LogP contribution >= 0.6 is 0 Å². The number of furan rings is 1.